The molecule has 0 aromatic heterocycles. The molecule has 0 unspecified atom stereocenters. The van der Waals surface area contributed by atoms with E-state index in [1.54, 1.807) is 58.2 Å². The van der Waals surface area contributed by atoms with Crippen LogP contribution < -0.4 is 14.4 Å². The number of hydrogen-bond acceptors (Lipinski definition) is 5. The fourth-order valence-electron chi connectivity index (χ4n) is 3.79. The van der Waals surface area contributed by atoms with Crippen LogP contribution >= 0.6 is 0 Å². The van der Waals surface area contributed by atoms with Crippen LogP contribution in [0.2, 0.25) is 0 Å². The molecule has 2 aromatic carbocycles. The molecule has 0 spiro atoms. The Hall–Kier alpha value is -3.07. The van der Waals surface area contributed by atoms with Crippen LogP contribution in [0.5, 0.6) is 5.75 Å². The van der Waals surface area contributed by atoms with Crippen molar-refractivity contribution in [2.45, 2.75) is 59.7 Å². The minimum Gasteiger partial charge on any atom is -0.497 e. The van der Waals surface area contributed by atoms with E-state index in [2.05, 4.69) is 5.32 Å². The lowest BCUT2D eigenvalue weighted by Gasteiger charge is -2.33. The first-order chi connectivity index (χ1) is 16.4. The summed E-state index contributed by atoms with van der Waals surface area (Å²) >= 11 is 0. The number of hydrogen-bond donors (Lipinski definition) is 1. The quantitative estimate of drug-likeness (QED) is 0.507. The molecule has 8 nitrogen and oxygen atoms in total. The van der Waals surface area contributed by atoms with Crippen molar-refractivity contribution in [3.63, 3.8) is 0 Å². The topological polar surface area (TPSA) is 96.0 Å². The van der Waals surface area contributed by atoms with Gasteiger partial charge in [-0.3, -0.25) is 13.9 Å². The second kappa shape index (κ2) is 12.1. The van der Waals surface area contributed by atoms with Gasteiger partial charge < -0.3 is 15.0 Å². The van der Waals surface area contributed by atoms with Crippen molar-refractivity contribution in [2.75, 3.05) is 24.2 Å². The molecule has 192 valence electrons. The number of nitrogens with zero attached hydrogens (tertiary/aromatic N) is 2. The van der Waals surface area contributed by atoms with E-state index >= 15 is 0 Å². The Labute approximate surface area is 209 Å². The number of methoxy groups -OCH3 is 1. The van der Waals surface area contributed by atoms with Crippen molar-refractivity contribution < 1.29 is 22.7 Å². The van der Waals surface area contributed by atoms with Crippen LogP contribution in [-0.2, 0) is 26.2 Å². The van der Waals surface area contributed by atoms with Crippen LogP contribution in [0.4, 0.5) is 5.69 Å². The zero-order valence-electron chi connectivity index (χ0n) is 21.7. The molecule has 2 amide bonds. The summed E-state index contributed by atoms with van der Waals surface area (Å²) in [5.41, 5.74) is 2.72. The standard InChI is InChI=1S/C26H37N3O5S/c1-8-20(4)27-26(31)21(5)28(16-22-13-10-14-23(15-22)34-6)24(30)17-29(35(7,32)33)25-18(2)11-9-12-19(25)3/h9-15,20-21H,8,16-17H2,1-7H3,(H,27,31)/t20-,21+/m0/s1. The van der Waals surface area contributed by atoms with Gasteiger partial charge in [0.1, 0.15) is 18.3 Å². The third-order valence-electron chi connectivity index (χ3n) is 6.02. The Kier molecular flexibility index (Phi) is 9.71. The van der Waals surface area contributed by atoms with E-state index in [0.717, 1.165) is 33.7 Å². The summed E-state index contributed by atoms with van der Waals surface area (Å²) in [4.78, 5) is 28.1. The van der Waals surface area contributed by atoms with Crippen molar-refractivity contribution in [2.24, 2.45) is 0 Å². The summed E-state index contributed by atoms with van der Waals surface area (Å²) in [5, 5.41) is 2.92. The van der Waals surface area contributed by atoms with Gasteiger partial charge in [0.15, 0.2) is 0 Å². The van der Waals surface area contributed by atoms with E-state index in [4.69, 9.17) is 4.74 Å². The van der Waals surface area contributed by atoms with Crippen molar-refractivity contribution in [3.05, 3.63) is 59.2 Å². The number of carbonyl (C=O) groups is 2. The molecular formula is C26H37N3O5S. The second-order valence-electron chi connectivity index (χ2n) is 8.88. The molecule has 0 aliphatic carbocycles. The van der Waals surface area contributed by atoms with E-state index in [1.165, 1.54) is 4.90 Å². The number of nitrogens with one attached hydrogen (secondary N) is 1. The summed E-state index contributed by atoms with van der Waals surface area (Å²) in [6.07, 6.45) is 1.83. The zero-order valence-corrected chi connectivity index (χ0v) is 22.5. The van der Waals surface area contributed by atoms with Crippen LogP contribution in [0.1, 0.15) is 43.9 Å². The number of carbonyl (C=O) groups excluding carboxylic acids is 2. The minimum atomic E-state index is -3.78. The highest BCUT2D eigenvalue weighted by Gasteiger charge is 2.31. The van der Waals surface area contributed by atoms with Gasteiger partial charge in [0, 0.05) is 12.6 Å². The van der Waals surface area contributed by atoms with Crippen molar-refractivity contribution in [1.82, 2.24) is 10.2 Å². The van der Waals surface area contributed by atoms with Gasteiger partial charge in [-0.1, -0.05) is 37.3 Å². The highest BCUT2D eigenvalue weighted by atomic mass is 32.2. The van der Waals surface area contributed by atoms with Crippen molar-refractivity contribution in [3.8, 4) is 5.75 Å². The van der Waals surface area contributed by atoms with Gasteiger partial charge in [0.2, 0.25) is 21.8 Å². The maximum absolute atomic E-state index is 13.7. The van der Waals surface area contributed by atoms with Crippen LogP contribution in [0.15, 0.2) is 42.5 Å². The van der Waals surface area contributed by atoms with Gasteiger partial charge in [0.25, 0.3) is 0 Å². The van der Waals surface area contributed by atoms with Gasteiger partial charge in [0.05, 0.1) is 19.1 Å². The SMILES string of the molecule is CC[C@H](C)NC(=O)[C@@H](C)N(Cc1cccc(OC)c1)C(=O)CN(c1c(C)cccc1C)S(C)(=O)=O. The van der Waals surface area contributed by atoms with E-state index in [9.17, 15) is 18.0 Å². The molecule has 0 saturated carbocycles. The van der Waals surface area contributed by atoms with Gasteiger partial charge in [-0.2, -0.15) is 0 Å². The molecule has 9 heteroatoms. The molecule has 0 fully saturated rings. The van der Waals surface area contributed by atoms with Crippen molar-refractivity contribution in [1.29, 1.82) is 0 Å². The smallest absolute Gasteiger partial charge is 0.244 e. The lowest BCUT2D eigenvalue weighted by molar-refractivity contribution is -0.139. The van der Waals surface area contributed by atoms with Gasteiger partial charge in [-0.25, -0.2) is 8.42 Å². The van der Waals surface area contributed by atoms with Crippen molar-refractivity contribution >= 4 is 27.5 Å². The predicted octanol–water partition coefficient (Wildman–Crippen LogP) is 3.41. The summed E-state index contributed by atoms with van der Waals surface area (Å²) in [5.74, 6) is -0.152. The second-order valence-corrected chi connectivity index (χ2v) is 10.8. The van der Waals surface area contributed by atoms with E-state index < -0.39 is 28.5 Å². The molecule has 0 bridgehead atoms. The Morgan fingerprint density at radius 1 is 1.06 bits per heavy atom. The molecule has 0 aliphatic rings. The number of amides is 2. The molecule has 0 aliphatic heterocycles. The number of benzene rings is 2. The fraction of sp³-hybridized carbons (Fsp3) is 0.462. The maximum Gasteiger partial charge on any atom is 0.244 e. The molecule has 2 aromatic rings. The van der Waals surface area contributed by atoms with Gasteiger partial charge in [-0.05, 0) is 62.9 Å². The van der Waals surface area contributed by atoms with Crippen LogP contribution in [0.3, 0.4) is 0 Å². The summed E-state index contributed by atoms with van der Waals surface area (Å²) in [6, 6.07) is 11.8. The van der Waals surface area contributed by atoms with Crippen LogP contribution in [-0.4, -0.2) is 57.1 Å². The molecule has 0 saturated heterocycles. The largest absolute Gasteiger partial charge is 0.497 e. The number of sulfonamides is 1. The van der Waals surface area contributed by atoms with Crippen LogP contribution in [0, 0.1) is 13.8 Å². The molecule has 2 rings (SSSR count). The molecule has 0 heterocycles. The van der Waals surface area contributed by atoms with Crippen LogP contribution in [0.25, 0.3) is 0 Å². The summed E-state index contributed by atoms with van der Waals surface area (Å²) in [7, 11) is -2.22. The average Bonchev–Trinajstić information content (AvgIpc) is 2.80. The first-order valence-corrected chi connectivity index (χ1v) is 13.5. The monoisotopic (exact) mass is 503 g/mol. The minimum absolute atomic E-state index is 0.0548. The van der Waals surface area contributed by atoms with E-state index in [-0.39, 0.29) is 18.5 Å². The first-order valence-electron chi connectivity index (χ1n) is 11.7. The van der Waals surface area contributed by atoms with E-state index in [1.807, 2.05) is 26.0 Å². The number of rotatable bonds is 11. The molecule has 2 atom stereocenters. The molecular weight excluding hydrogens is 466 g/mol. The Balaban J connectivity index is 2.46. The summed E-state index contributed by atoms with van der Waals surface area (Å²) < 4.78 is 32.0. The number of aryl methyl sites for hydroxylation is 2. The maximum atomic E-state index is 13.7. The number of ether oxygens (including phenoxy) is 1. The zero-order chi connectivity index (χ0) is 26.3. The number of anilines is 1. The molecule has 0 radical (unpaired) electrons. The summed E-state index contributed by atoms with van der Waals surface area (Å²) in [6.45, 7) is 8.82. The Morgan fingerprint density at radius 3 is 2.20 bits per heavy atom. The Bertz CT molecular complexity index is 1130. The lowest BCUT2D eigenvalue weighted by atomic mass is 10.1. The van der Waals surface area contributed by atoms with Gasteiger partial charge >= 0.3 is 0 Å². The first kappa shape index (κ1) is 28.2. The average molecular weight is 504 g/mol. The third kappa shape index (κ3) is 7.45. The lowest BCUT2D eigenvalue weighted by Crippen LogP contribution is -2.52. The predicted molar refractivity (Wildman–Crippen MR) is 139 cm³/mol. The molecule has 35 heavy (non-hydrogen) atoms. The number of para-hydroxylation sites is 1. The normalized spacial score (nSPS) is 13.0. The fourth-order valence-corrected chi connectivity index (χ4v) is 4.76. The molecule has 1 N–H and O–H groups in total. The third-order valence-corrected chi connectivity index (χ3v) is 7.14. The highest BCUT2D eigenvalue weighted by molar-refractivity contribution is 7.92. The Morgan fingerprint density at radius 2 is 1.66 bits per heavy atom. The van der Waals surface area contributed by atoms with E-state index in [0.29, 0.717) is 11.4 Å². The highest BCUT2D eigenvalue weighted by Crippen LogP contribution is 2.27. The van der Waals surface area contributed by atoms with Gasteiger partial charge in [-0.15, -0.1) is 0 Å².